The van der Waals surface area contributed by atoms with Crippen molar-refractivity contribution in [2.45, 2.75) is 13.0 Å². The molecule has 0 aliphatic carbocycles. The molecule has 0 radical (unpaired) electrons. The van der Waals surface area contributed by atoms with E-state index in [0.29, 0.717) is 5.75 Å². The van der Waals surface area contributed by atoms with Crippen molar-refractivity contribution in [2.75, 3.05) is 4.90 Å². The van der Waals surface area contributed by atoms with Crippen molar-refractivity contribution in [3.8, 4) is 5.75 Å². The molecule has 0 saturated carbocycles. The van der Waals surface area contributed by atoms with Gasteiger partial charge < -0.3 is 4.74 Å². The molecule has 1 heterocycles. The average molecular weight is 367 g/mol. The first-order valence-corrected chi connectivity index (χ1v) is 9.29. The number of amides is 1. The van der Waals surface area contributed by atoms with Gasteiger partial charge in [-0.25, -0.2) is 4.79 Å². The first kappa shape index (κ1) is 17.8. The van der Waals surface area contributed by atoms with Crippen molar-refractivity contribution >= 4 is 23.9 Å². The Labute approximate surface area is 165 Å². The van der Waals surface area contributed by atoms with E-state index >= 15 is 0 Å². The van der Waals surface area contributed by atoms with Crippen LogP contribution in [0, 0.1) is 0 Å². The molecular formula is C25H21NO2. The minimum absolute atomic E-state index is 0.216. The van der Waals surface area contributed by atoms with Crippen molar-refractivity contribution in [1.29, 1.82) is 0 Å². The first-order valence-electron chi connectivity index (χ1n) is 9.29. The van der Waals surface area contributed by atoms with Crippen LogP contribution in [0.25, 0.3) is 12.2 Å². The van der Waals surface area contributed by atoms with Gasteiger partial charge in [0.15, 0.2) is 0 Å². The van der Waals surface area contributed by atoms with Gasteiger partial charge in [0.2, 0.25) is 0 Å². The van der Waals surface area contributed by atoms with Crippen molar-refractivity contribution < 1.29 is 9.53 Å². The molecule has 3 aromatic carbocycles. The SMILES string of the molecule is CC1=Cc2ccccc2N(C(=O)Oc2ccccc2)C1/C=C/c1ccccc1. The minimum Gasteiger partial charge on any atom is -0.410 e. The fraction of sp³-hybridized carbons (Fsp3) is 0.0800. The van der Waals surface area contributed by atoms with Gasteiger partial charge in [-0.15, -0.1) is 0 Å². The Morgan fingerprint density at radius 3 is 2.29 bits per heavy atom. The highest BCUT2D eigenvalue weighted by molar-refractivity contribution is 5.96. The molecule has 0 bridgehead atoms. The van der Waals surface area contributed by atoms with Gasteiger partial charge in [-0.05, 0) is 41.8 Å². The van der Waals surface area contributed by atoms with Crippen LogP contribution in [-0.4, -0.2) is 12.1 Å². The summed E-state index contributed by atoms with van der Waals surface area (Å²) in [6.07, 6.45) is 5.82. The highest BCUT2D eigenvalue weighted by Crippen LogP contribution is 2.34. The molecule has 1 aliphatic heterocycles. The smallest absolute Gasteiger partial charge is 0.410 e. The molecule has 1 unspecified atom stereocenters. The normalized spacial score (nSPS) is 15.8. The third-order valence-corrected chi connectivity index (χ3v) is 4.74. The molecule has 3 aromatic rings. The van der Waals surface area contributed by atoms with E-state index in [2.05, 4.69) is 6.08 Å². The number of hydrogen-bond donors (Lipinski definition) is 0. The first-order chi connectivity index (χ1) is 13.7. The zero-order valence-corrected chi connectivity index (χ0v) is 15.7. The third-order valence-electron chi connectivity index (χ3n) is 4.74. The quantitative estimate of drug-likeness (QED) is 0.552. The molecule has 0 saturated heterocycles. The molecule has 0 fully saturated rings. The van der Waals surface area contributed by atoms with Gasteiger partial charge >= 0.3 is 6.09 Å². The number of hydrogen-bond acceptors (Lipinski definition) is 2. The lowest BCUT2D eigenvalue weighted by atomic mass is 9.96. The van der Waals surface area contributed by atoms with Crippen molar-refractivity contribution in [3.63, 3.8) is 0 Å². The standard InChI is InChI=1S/C25H21NO2/c1-19-18-21-12-8-9-15-24(21)26(25(27)28-22-13-6-3-7-14-22)23(19)17-16-20-10-4-2-5-11-20/h2-18,23H,1H3/b17-16+. The van der Waals surface area contributed by atoms with E-state index < -0.39 is 6.09 Å². The maximum absolute atomic E-state index is 13.1. The summed E-state index contributed by atoms with van der Waals surface area (Å²) in [4.78, 5) is 14.9. The van der Waals surface area contributed by atoms with Crippen LogP contribution < -0.4 is 9.64 Å². The summed E-state index contributed by atoms with van der Waals surface area (Å²) in [6.45, 7) is 2.04. The number of ether oxygens (including phenoxy) is 1. The van der Waals surface area contributed by atoms with E-state index in [1.165, 1.54) is 0 Å². The van der Waals surface area contributed by atoms with Crippen LogP contribution in [-0.2, 0) is 0 Å². The Morgan fingerprint density at radius 1 is 0.893 bits per heavy atom. The Bertz CT molecular complexity index is 1020. The molecule has 4 rings (SSSR count). The fourth-order valence-electron chi connectivity index (χ4n) is 3.37. The zero-order chi connectivity index (χ0) is 19.3. The zero-order valence-electron chi connectivity index (χ0n) is 15.7. The highest BCUT2D eigenvalue weighted by atomic mass is 16.6. The Morgan fingerprint density at radius 2 is 1.54 bits per heavy atom. The van der Waals surface area contributed by atoms with E-state index in [9.17, 15) is 4.79 Å². The van der Waals surface area contributed by atoms with Gasteiger partial charge in [-0.3, -0.25) is 4.90 Å². The Balaban J connectivity index is 1.70. The maximum atomic E-state index is 13.1. The molecular weight excluding hydrogens is 346 g/mol. The number of fused-ring (bicyclic) bond motifs is 1. The lowest BCUT2D eigenvalue weighted by Gasteiger charge is -2.34. The van der Waals surface area contributed by atoms with E-state index in [1.807, 2.05) is 91.9 Å². The summed E-state index contributed by atoms with van der Waals surface area (Å²) in [5, 5.41) is 0. The molecule has 0 aromatic heterocycles. The molecule has 1 amide bonds. The van der Waals surface area contributed by atoms with Gasteiger partial charge in [-0.1, -0.05) is 85.0 Å². The number of rotatable bonds is 3. The van der Waals surface area contributed by atoms with Gasteiger partial charge in [-0.2, -0.15) is 0 Å². The number of carbonyl (C=O) groups is 1. The van der Waals surface area contributed by atoms with Gasteiger partial charge in [0.25, 0.3) is 0 Å². The summed E-state index contributed by atoms with van der Waals surface area (Å²) in [6, 6.07) is 26.9. The second-order valence-corrected chi connectivity index (χ2v) is 6.71. The summed E-state index contributed by atoms with van der Waals surface area (Å²) < 4.78 is 5.67. The number of nitrogens with zero attached hydrogens (tertiary/aromatic N) is 1. The molecule has 3 nitrogen and oxygen atoms in total. The third kappa shape index (κ3) is 3.74. The predicted molar refractivity (Wildman–Crippen MR) is 114 cm³/mol. The largest absolute Gasteiger partial charge is 0.420 e. The number of benzene rings is 3. The van der Waals surface area contributed by atoms with Crippen molar-refractivity contribution in [2.24, 2.45) is 0 Å². The molecule has 3 heteroatoms. The highest BCUT2D eigenvalue weighted by Gasteiger charge is 2.31. The van der Waals surface area contributed by atoms with Crippen LogP contribution >= 0.6 is 0 Å². The van der Waals surface area contributed by atoms with Crippen LogP contribution in [0.4, 0.5) is 10.5 Å². The summed E-state index contributed by atoms with van der Waals surface area (Å²) >= 11 is 0. The van der Waals surface area contributed by atoms with Crippen LogP contribution in [0.15, 0.2) is 96.6 Å². The van der Waals surface area contributed by atoms with Crippen LogP contribution in [0.2, 0.25) is 0 Å². The summed E-state index contributed by atoms with van der Waals surface area (Å²) in [5.74, 6) is 0.531. The van der Waals surface area contributed by atoms with Gasteiger partial charge in [0.1, 0.15) is 5.75 Å². The Hall–Kier alpha value is -3.59. The van der Waals surface area contributed by atoms with Gasteiger partial charge in [0, 0.05) is 0 Å². The number of para-hydroxylation sites is 2. The lowest BCUT2D eigenvalue weighted by Crippen LogP contribution is -2.43. The second kappa shape index (κ2) is 7.97. The van der Waals surface area contributed by atoms with Crippen LogP contribution in [0.1, 0.15) is 18.1 Å². The van der Waals surface area contributed by atoms with Crippen LogP contribution in [0.5, 0.6) is 5.75 Å². The van der Waals surface area contributed by atoms with E-state index in [1.54, 1.807) is 17.0 Å². The van der Waals surface area contributed by atoms with Crippen LogP contribution in [0.3, 0.4) is 0 Å². The van der Waals surface area contributed by atoms with E-state index in [4.69, 9.17) is 4.74 Å². The molecule has 0 N–H and O–H groups in total. The summed E-state index contributed by atoms with van der Waals surface area (Å²) in [5.41, 5.74) is 4.02. The second-order valence-electron chi connectivity index (χ2n) is 6.71. The number of anilines is 1. The number of carbonyl (C=O) groups excluding carboxylic acids is 1. The average Bonchev–Trinajstić information content (AvgIpc) is 2.73. The maximum Gasteiger partial charge on any atom is 0.420 e. The minimum atomic E-state index is -0.395. The van der Waals surface area contributed by atoms with Crippen molar-refractivity contribution in [1.82, 2.24) is 0 Å². The Kier molecular flexibility index (Phi) is 5.07. The molecule has 0 spiro atoms. The summed E-state index contributed by atoms with van der Waals surface area (Å²) in [7, 11) is 0. The van der Waals surface area contributed by atoms with Gasteiger partial charge in [0.05, 0.1) is 11.7 Å². The lowest BCUT2D eigenvalue weighted by molar-refractivity contribution is 0.206. The van der Waals surface area contributed by atoms with E-state index in [0.717, 1.165) is 22.4 Å². The molecule has 138 valence electrons. The topological polar surface area (TPSA) is 29.5 Å². The molecule has 1 atom stereocenters. The monoisotopic (exact) mass is 367 g/mol. The predicted octanol–water partition coefficient (Wildman–Crippen LogP) is 6.19. The van der Waals surface area contributed by atoms with Crippen molar-refractivity contribution in [3.05, 3.63) is 108 Å². The van der Waals surface area contributed by atoms with E-state index in [-0.39, 0.29) is 6.04 Å². The fourth-order valence-corrected chi connectivity index (χ4v) is 3.37. The molecule has 28 heavy (non-hydrogen) atoms. The molecule has 1 aliphatic rings.